The third-order valence-electron chi connectivity index (χ3n) is 5.41. The van der Waals surface area contributed by atoms with Crippen molar-refractivity contribution in [3.8, 4) is 11.3 Å². The first kappa shape index (κ1) is 14.8. The van der Waals surface area contributed by atoms with Gasteiger partial charge in [-0.05, 0) is 37.1 Å². The van der Waals surface area contributed by atoms with Crippen molar-refractivity contribution in [3.63, 3.8) is 0 Å². The van der Waals surface area contributed by atoms with Gasteiger partial charge in [0, 0.05) is 30.1 Å². The first-order valence-electron chi connectivity index (χ1n) is 8.77. The number of aromatic nitrogens is 3. The van der Waals surface area contributed by atoms with Gasteiger partial charge in [0.2, 0.25) is 0 Å². The smallest absolute Gasteiger partial charge is 0.261 e. The highest BCUT2D eigenvalue weighted by molar-refractivity contribution is 5.83. The maximum absolute atomic E-state index is 13.1. The Labute approximate surface area is 145 Å². The maximum Gasteiger partial charge on any atom is 0.261 e. The molecule has 0 bridgehead atoms. The van der Waals surface area contributed by atoms with E-state index in [1.54, 1.807) is 6.20 Å². The van der Waals surface area contributed by atoms with E-state index in [1.807, 2.05) is 41.0 Å². The van der Waals surface area contributed by atoms with Crippen molar-refractivity contribution in [2.45, 2.75) is 25.8 Å². The van der Waals surface area contributed by atoms with Crippen LogP contribution >= 0.6 is 0 Å². The second-order valence-electron chi connectivity index (χ2n) is 7.21. The van der Waals surface area contributed by atoms with Crippen LogP contribution in [-0.2, 0) is 17.7 Å². The number of hydrogen-bond acceptors (Lipinski definition) is 4. The fourth-order valence-corrected chi connectivity index (χ4v) is 3.98. The zero-order valence-corrected chi connectivity index (χ0v) is 13.9. The molecule has 0 N–H and O–H groups in total. The quantitative estimate of drug-likeness (QED) is 0.687. The Morgan fingerprint density at radius 1 is 1.16 bits per heavy atom. The van der Waals surface area contributed by atoms with Crippen LogP contribution in [0.2, 0.25) is 0 Å². The van der Waals surface area contributed by atoms with Crippen LogP contribution in [0.5, 0.6) is 0 Å². The molecule has 5 rings (SSSR count). The van der Waals surface area contributed by atoms with Crippen molar-refractivity contribution in [1.82, 2.24) is 14.5 Å². The van der Waals surface area contributed by atoms with Crippen LogP contribution < -0.4 is 5.56 Å². The number of rotatable bonds is 1. The number of pyridine rings is 1. The molecule has 1 saturated heterocycles. The Morgan fingerprint density at radius 3 is 2.84 bits per heavy atom. The van der Waals surface area contributed by atoms with Gasteiger partial charge >= 0.3 is 0 Å². The molecule has 0 amide bonds. The van der Waals surface area contributed by atoms with E-state index in [2.05, 4.69) is 4.98 Å². The molecular formula is C20H19N3O2. The summed E-state index contributed by atoms with van der Waals surface area (Å²) in [5, 5.41) is 0.681. The van der Waals surface area contributed by atoms with Crippen LogP contribution in [0, 0.1) is 5.41 Å². The molecule has 0 saturated carbocycles. The summed E-state index contributed by atoms with van der Waals surface area (Å²) in [4.78, 5) is 22.3. The van der Waals surface area contributed by atoms with E-state index < -0.39 is 0 Å². The lowest BCUT2D eigenvalue weighted by atomic mass is 9.81. The lowest BCUT2D eigenvalue weighted by Gasteiger charge is -2.41. The van der Waals surface area contributed by atoms with Gasteiger partial charge in [-0.3, -0.25) is 14.3 Å². The molecule has 0 aliphatic carbocycles. The fraction of sp³-hybridized carbons (Fsp3) is 0.350. The SMILES string of the molecule is O=c1c2ccc(-c3ccccn3)cc2nc2n1CC1(CCC2)COC1. The van der Waals surface area contributed by atoms with E-state index in [0.717, 1.165) is 61.6 Å². The van der Waals surface area contributed by atoms with Gasteiger partial charge in [0.25, 0.3) is 5.56 Å². The molecule has 0 unspecified atom stereocenters. The summed E-state index contributed by atoms with van der Waals surface area (Å²) in [6.07, 6.45) is 4.78. The van der Waals surface area contributed by atoms with Crippen molar-refractivity contribution in [3.05, 3.63) is 58.8 Å². The number of hydrogen-bond donors (Lipinski definition) is 0. The van der Waals surface area contributed by atoms with E-state index >= 15 is 0 Å². The van der Waals surface area contributed by atoms with Crippen LogP contribution in [0.15, 0.2) is 47.4 Å². The molecule has 0 atom stereocenters. The second-order valence-corrected chi connectivity index (χ2v) is 7.21. The minimum absolute atomic E-state index is 0.0701. The van der Waals surface area contributed by atoms with Gasteiger partial charge < -0.3 is 4.74 Å². The molecule has 5 heteroatoms. The van der Waals surface area contributed by atoms with Crippen LogP contribution in [0.25, 0.3) is 22.2 Å². The van der Waals surface area contributed by atoms with Crippen LogP contribution in [0.3, 0.4) is 0 Å². The van der Waals surface area contributed by atoms with Crippen molar-refractivity contribution >= 4 is 10.9 Å². The Kier molecular flexibility index (Phi) is 3.25. The molecule has 2 aliphatic rings. The summed E-state index contributed by atoms with van der Waals surface area (Å²) in [6, 6.07) is 11.7. The predicted octanol–water partition coefficient (Wildman–Crippen LogP) is 2.81. The van der Waals surface area contributed by atoms with Crippen LogP contribution in [0.1, 0.15) is 18.7 Å². The zero-order chi connectivity index (χ0) is 16.9. The first-order chi connectivity index (χ1) is 12.2. The average molecular weight is 333 g/mol. The molecule has 2 aliphatic heterocycles. The number of ether oxygens (including phenoxy) is 1. The number of benzene rings is 1. The zero-order valence-electron chi connectivity index (χ0n) is 13.9. The summed E-state index contributed by atoms with van der Waals surface area (Å²) >= 11 is 0. The molecule has 126 valence electrons. The van der Waals surface area contributed by atoms with Gasteiger partial charge in [-0.15, -0.1) is 0 Å². The standard InChI is InChI=1S/C20H19N3O2/c24-19-15-7-6-14(16-4-1-2-9-21-16)10-17(15)22-18-5-3-8-20(11-23(18)19)12-25-13-20/h1-2,4,6-7,9-10H,3,5,8,11-13H2. The van der Waals surface area contributed by atoms with E-state index in [-0.39, 0.29) is 11.0 Å². The van der Waals surface area contributed by atoms with E-state index in [1.165, 1.54) is 0 Å². The lowest BCUT2D eigenvalue weighted by Crippen LogP contribution is -2.47. The lowest BCUT2D eigenvalue weighted by molar-refractivity contribution is -0.125. The predicted molar refractivity (Wildman–Crippen MR) is 95.4 cm³/mol. The molecule has 4 heterocycles. The van der Waals surface area contributed by atoms with Gasteiger partial charge in [-0.1, -0.05) is 12.1 Å². The molecule has 1 aromatic carbocycles. The van der Waals surface area contributed by atoms with Gasteiger partial charge in [0.15, 0.2) is 0 Å². The highest BCUT2D eigenvalue weighted by atomic mass is 16.5. The largest absolute Gasteiger partial charge is 0.380 e. The van der Waals surface area contributed by atoms with Gasteiger partial charge in [-0.2, -0.15) is 0 Å². The highest BCUT2D eigenvalue weighted by Gasteiger charge is 2.40. The normalized spacial score (nSPS) is 18.6. The first-order valence-corrected chi connectivity index (χ1v) is 8.77. The maximum atomic E-state index is 13.1. The third kappa shape index (κ3) is 2.38. The number of nitrogens with zero attached hydrogens (tertiary/aromatic N) is 3. The summed E-state index contributed by atoms with van der Waals surface area (Å²) in [5.74, 6) is 0.902. The molecule has 1 spiro atoms. The second kappa shape index (κ2) is 5.49. The summed E-state index contributed by atoms with van der Waals surface area (Å²) in [5.41, 5.74) is 2.86. The van der Waals surface area contributed by atoms with Crippen molar-refractivity contribution in [2.75, 3.05) is 13.2 Å². The Bertz CT molecular complexity index is 1010. The van der Waals surface area contributed by atoms with E-state index in [0.29, 0.717) is 5.39 Å². The topological polar surface area (TPSA) is 57.0 Å². The monoisotopic (exact) mass is 333 g/mol. The molecule has 0 radical (unpaired) electrons. The highest BCUT2D eigenvalue weighted by Crippen LogP contribution is 2.37. The van der Waals surface area contributed by atoms with Gasteiger partial charge in [0.1, 0.15) is 5.82 Å². The van der Waals surface area contributed by atoms with E-state index in [9.17, 15) is 4.79 Å². The number of aryl methyl sites for hydroxylation is 1. The molecule has 5 nitrogen and oxygen atoms in total. The van der Waals surface area contributed by atoms with Crippen LogP contribution in [0.4, 0.5) is 0 Å². The van der Waals surface area contributed by atoms with Crippen molar-refractivity contribution in [2.24, 2.45) is 5.41 Å². The fourth-order valence-electron chi connectivity index (χ4n) is 3.98. The van der Waals surface area contributed by atoms with Crippen molar-refractivity contribution < 1.29 is 4.74 Å². The summed E-state index contributed by atoms with van der Waals surface area (Å²) < 4.78 is 7.32. The summed E-state index contributed by atoms with van der Waals surface area (Å²) in [6.45, 7) is 2.25. The molecule has 1 fully saturated rings. The molecular weight excluding hydrogens is 314 g/mol. The van der Waals surface area contributed by atoms with Crippen LogP contribution in [-0.4, -0.2) is 27.7 Å². The minimum atomic E-state index is 0.0701. The van der Waals surface area contributed by atoms with Gasteiger partial charge in [0.05, 0.1) is 29.8 Å². The molecule has 3 aromatic rings. The summed E-state index contributed by atoms with van der Waals surface area (Å²) in [7, 11) is 0. The molecule has 25 heavy (non-hydrogen) atoms. The minimum Gasteiger partial charge on any atom is -0.380 e. The van der Waals surface area contributed by atoms with E-state index in [4.69, 9.17) is 9.72 Å². The Morgan fingerprint density at radius 2 is 2.08 bits per heavy atom. The third-order valence-corrected chi connectivity index (χ3v) is 5.41. The van der Waals surface area contributed by atoms with Gasteiger partial charge in [-0.25, -0.2) is 4.98 Å². The Hall–Kier alpha value is -2.53. The Balaban J connectivity index is 1.66. The molecule has 2 aromatic heterocycles. The van der Waals surface area contributed by atoms with Crippen molar-refractivity contribution in [1.29, 1.82) is 0 Å². The number of fused-ring (bicyclic) bond motifs is 2. The average Bonchev–Trinajstić information content (AvgIpc) is 2.82.